The molecule has 4 aromatic rings. The van der Waals surface area contributed by atoms with Crippen LogP contribution in [0.15, 0.2) is 53.6 Å². The highest BCUT2D eigenvalue weighted by Crippen LogP contribution is 2.16. The smallest absolute Gasteiger partial charge is 0.284 e. The molecule has 146 valence electrons. The number of anilines is 1. The quantitative estimate of drug-likeness (QED) is 0.580. The largest absolute Gasteiger partial charge is 0.324 e. The molecular formula is C21H20N6O2. The summed E-state index contributed by atoms with van der Waals surface area (Å²) in [5.74, 6) is -0.314. The molecular weight excluding hydrogens is 368 g/mol. The molecule has 8 nitrogen and oxygen atoms in total. The molecule has 1 amide bonds. The Labute approximate surface area is 166 Å². The molecule has 2 aromatic carbocycles. The van der Waals surface area contributed by atoms with Gasteiger partial charge in [-0.15, -0.1) is 5.10 Å². The van der Waals surface area contributed by atoms with Gasteiger partial charge in [-0.2, -0.15) is 4.68 Å². The number of nitrogens with zero attached hydrogens (tertiary/aromatic N) is 5. The van der Waals surface area contributed by atoms with Crippen LogP contribution >= 0.6 is 0 Å². The Kier molecular flexibility index (Phi) is 4.67. The van der Waals surface area contributed by atoms with Gasteiger partial charge in [0.05, 0.1) is 5.69 Å². The van der Waals surface area contributed by atoms with Crippen molar-refractivity contribution in [2.75, 3.05) is 5.32 Å². The molecule has 1 N–H and O–H groups in total. The molecule has 2 heterocycles. The van der Waals surface area contributed by atoms with E-state index in [2.05, 4.69) is 20.6 Å². The molecule has 0 unspecified atom stereocenters. The fourth-order valence-corrected chi connectivity index (χ4v) is 3.11. The zero-order valence-corrected chi connectivity index (χ0v) is 16.4. The van der Waals surface area contributed by atoms with Crippen LogP contribution in [0.2, 0.25) is 0 Å². The Morgan fingerprint density at radius 3 is 2.48 bits per heavy atom. The second kappa shape index (κ2) is 7.31. The van der Waals surface area contributed by atoms with Gasteiger partial charge in [-0.05, 0) is 44.5 Å². The average Bonchev–Trinajstić information content (AvgIpc) is 3.12. The molecule has 0 fully saturated rings. The van der Waals surface area contributed by atoms with E-state index in [4.69, 9.17) is 0 Å². The molecule has 0 bridgehead atoms. The predicted molar refractivity (Wildman–Crippen MR) is 110 cm³/mol. The minimum atomic E-state index is -0.413. The van der Waals surface area contributed by atoms with Crippen LogP contribution in [0.4, 0.5) is 5.69 Å². The van der Waals surface area contributed by atoms with Crippen molar-refractivity contribution < 1.29 is 4.79 Å². The van der Waals surface area contributed by atoms with Gasteiger partial charge in [0.25, 0.3) is 5.56 Å². The van der Waals surface area contributed by atoms with E-state index in [0.29, 0.717) is 11.3 Å². The van der Waals surface area contributed by atoms with Gasteiger partial charge in [-0.1, -0.05) is 40.6 Å². The number of carbonyl (C=O) groups excluding carboxylic acids is 1. The van der Waals surface area contributed by atoms with Crippen LogP contribution in [-0.2, 0) is 11.3 Å². The molecule has 0 aliphatic heterocycles. The maximum absolute atomic E-state index is 12.8. The number of carbonyl (C=O) groups is 1. The third-order valence-corrected chi connectivity index (χ3v) is 4.68. The lowest BCUT2D eigenvalue weighted by molar-refractivity contribution is -0.116. The molecule has 0 radical (unpaired) electrons. The standard InChI is InChI=1S/C21H20N6O2/c1-13-4-7-16(8-5-13)27-20-19(24-25-27)21(29)26(12-22-20)11-18(28)23-17-9-6-14(2)10-15(17)3/h4-10,12H,11H2,1-3H3,(H,23,28). The molecule has 0 aliphatic rings. The van der Waals surface area contributed by atoms with Crippen molar-refractivity contribution in [2.45, 2.75) is 27.3 Å². The highest BCUT2D eigenvalue weighted by atomic mass is 16.2. The molecule has 8 heteroatoms. The number of aryl methyl sites for hydroxylation is 3. The number of hydrogen-bond donors (Lipinski definition) is 1. The van der Waals surface area contributed by atoms with Crippen molar-refractivity contribution >= 4 is 22.8 Å². The van der Waals surface area contributed by atoms with E-state index >= 15 is 0 Å². The summed E-state index contributed by atoms with van der Waals surface area (Å²) >= 11 is 0. The van der Waals surface area contributed by atoms with Crippen molar-refractivity contribution in [3.8, 4) is 5.69 Å². The number of rotatable bonds is 4. The SMILES string of the molecule is Cc1ccc(-n2nnc3c(=O)n(CC(=O)Nc4ccc(C)cc4C)cnc32)cc1. The van der Waals surface area contributed by atoms with Gasteiger partial charge in [-0.3, -0.25) is 14.2 Å². The predicted octanol–water partition coefficient (Wildman–Crippen LogP) is 2.54. The fraction of sp³-hybridized carbons (Fsp3) is 0.190. The van der Waals surface area contributed by atoms with Gasteiger partial charge in [0, 0.05) is 5.69 Å². The molecule has 0 aliphatic carbocycles. The normalized spacial score (nSPS) is 11.0. The van der Waals surface area contributed by atoms with E-state index in [1.165, 1.54) is 15.6 Å². The average molecular weight is 388 g/mol. The fourth-order valence-electron chi connectivity index (χ4n) is 3.11. The second-order valence-electron chi connectivity index (χ2n) is 7.05. The summed E-state index contributed by atoms with van der Waals surface area (Å²) in [6.07, 6.45) is 1.35. The van der Waals surface area contributed by atoms with Crippen LogP contribution in [-0.4, -0.2) is 30.5 Å². The molecule has 0 atom stereocenters. The van der Waals surface area contributed by atoms with Crippen molar-refractivity contribution in [3.63, 3.8) is 0 Å². The molecule has 0 spiro atoms. The Hall–Kier alpha value is -3.81. The summed E-state index contributed by atoms with van der Waals surface area (Å²) in [5.41, 5.74) is 4.72. The number of fused-ring (bicyclic) bond motifs is 1. The van der Waals surface area contributed by atoms with E-state index < -0.39 is 5.56 Å². The molecule has 0 saturated heterocycles. The summed E-state index contributed by atoms with van der Waals surface area (Å²) in [7, 11) is 0. The third kappa shape index (κ3) is 3.64. The first-order chi connectivity index (χ1) is 13.9. The van der Waals surface area contributed by atoms with Gasteiger partial charge >= 0.3 is 0 Å². The monoisotopic (exact) mass is 388 g/mol. The lowest BCUT2D eigenvalue weighted by Gasteiger charge is -2.10. The Morgan fingerprint density at radius 2 is 1.76 bits per heavy atom. The van der Waals surface area contributed by atoms with E-state index in [9.17, 15) is 9.59 Å². The van der Waals surface area contributed by atoms with Crippen molar-refractivity contribution in [2.24, 2.45) is 0 Å². The minimum Gasteiger partial charge on any atom is -0.324 e. The maximum Gasteiger partial charge on any atom is 0.284 e. The van der Waals surface area contributed by atoms with Crippen LogP contribution < -0.4 is 10.9 Å². The van der Waals surface area contributed by atoms with E-state index in [1.807, 2.05) is 63.2 Å². The summed E-state index contributed by atoms with van der Waals surface area (Å²) in [6, 6.07) is 13.4. The van der Waals surface area contributed by atoms with Gasteiger partial charge in [0.2, 0.25) is 5.91 Å². The van der Waals surface area contributed by atoms with Crippen molar-refractivity contribution in [1.82, 2.24) is 24.5 Å². The van der Waals surface area contributed by atoms with Crippen LogP contribution in [0.3, 0.4) is 0 Å². The summed E-state index contributed by atoms with van der Waals surface area (Å²) in [6.45, 7) is 5.74. The van der Waals surface area contributed by atoms with Gasteiger partial charge in [0.1, 0.15) is 12.9 Å². The van der Waals surface area contributed by atoms with E-state index in [-0.39, 0.29) is 18.0 Å². The Morgan fingerprint density at radius 1 is 1.03 bits per heavy atom. The van der Waals surface area contributed by atoms with Crippen LogP contribution in [0.1, 0.15) is 16.7 Å². The zero-order valence-electron chi connectivity index (χ0n) is 16.4. The highest BCUT2D eigenvalue weighted by Gasteiger charge is 2.15. The van der Waals surface area contributed by atoms with Crippen LogP contribution in [0.25, 0.3) is 16.9 Å². The van der Waals surface area contributed by atoms with E-state index in [1.54, 1.807) is 0 Å². The van der Waals surface area contributed by atoms with Gasteiger partial charge in [-0.25, -0.2) is 4.98 Å². The first-order valence-electron chi connectivity index (χ1n) is 9.17. The number of benzene rings is 2. The van der Waals surface area contributed by atoms with Gasteiger partial charge < -0.3 is 5.32 Å². The molecule has 29 heavy (non-hydrogen) atoms. The van der Waals surface area contributed by atoms with Crippen LogP contribution in [0, 0.1) is 20.8 Å². The maximum atomic E-state index is 12.8. The minimum absolute atomic E-state index is 0.118. The van der Waals surface area contributed by atoms with Crippen molar-refractivity contribution in [3.05, 3.63) is 75.8 Å². The number of nitrogens with one attached hydrogen (secondary N) is 1. The molecule has 4 rings (SSSR count). The summed E-state index contributed by atoms with van der Waals surface area (Å²) in [5, 5.41) is 10.9. The van der Waals surface area contributed by atoms with Gasteiger partial charge in [0.15, 0.2) is 11.2 Å². The lowest BCUT2D eigenvalue weighted by Crippen LogP contribution is -2.28. The third-order valence-electron chi connectivity index (χ3n) is 4.68. The lowest BCUT2D eigenvalue weighted by atomic mass is 10.1. The molecule has 2 aromatic heterocycles. The Bertz CT molecular complexity index is 1270. The number of hydrogen-bond acceptors (Lipinski definition) is 5. The zero-order chi connectivity index (χ0) is 20.5. The highest BCUT2D eigenvalue weighted by molar-refractivity contribution is 5.91. The number of aromatic nitrogens is 5. The number of amides is 1. The first-order valence-corrected chi connectivity index (χ1v) is 9.17. The molecule has 0 saturated carbocycles. The first kappa shape index (κ1) is 18.5. The van der Waals surface area contributed by atoms with Crippen LogP contribution in [0.5, 0.6) is 0 Å². The summed E-state index contributed by atoms with van der Waals surface area (Å²) < 4.78 is 2.74. The summed E-state index contributed by atoms with van der Waals surface area (Å²) in [4.78, 5) is 29.5. The topological polar surface area (TPSA) is 94.7 Å². The van der Waals surface area contributed by atoms with Crippen molar-refractivity contribution in [1.29, 1.82) is 0 Å². The van der Waals surface area contributed by atoms with E-state index in [0.717, 1.165) is 22.4 Å². The Balaban J connectivity index is 1.60. The second-order valence-corrected chi connectivity index (χ2v) is 7.05.